The first-order chi connectivity index (χ1) is 8.05. The van der Waals surface area contributed by atoms with Crippen molar-refractivity contribution in [1.29, 1.82) is 0 Å². The molecule has 1 rings (SSSR count). The van der Waals surface area contributed by atoms with Crippen molar-refractivity contribution >= 4 is 11.7 Å². The number of benzene rings is 1. The molecule has 0 fully saturated rings. The Morgan fingerprint density at radius 2 is 1.56 bits per heavy atom. The summed E-state index contributed by atoms with van der Waals surface area (Å²) >= 11 is 0. The maximum absolute atomic E-state index is 12.9. The van der Waals surface area contributed by atoms with Gasteiger partial charge in [-0.2, -0.15) is 26.3 Å². The van der Waals surface area contributed by atoms with Crippen molar-refractivity contribution in [2.45, 2.75) is 12.1 Å². The number of rotatable bonds is 2. The number of halogens is 8. The largest absolute Gasteiger partial charge is 0.462 e. The molecule has 0 aliphatic carbocycles. The molecule has 0 heterocycles. The molecule has 1 aromatic rings. The van der Waals surface area contributed by atoms with Crippen LogP contribution >= 0.6 is 0 Å². The van der Waals surface area contributed by atoms with Gasteiger partial charge in [0.1, 0.15) is 11.5 Å². The highest BCUT2D eigenvalue weighted by molar-refractivity contribution is 5.85. The summed E-state index contributed by atoms with van der Waals surface area (Å²) in [5, 5.41) is 0. The predicted molar refractivity (Wildman–Crippen MR) is 45.6 cm³/mol. The van der Waals surface area contributed by atoms with Crippen LogP contribution < -0.4 is 0 Å². The molecule has 0 spiro atoms. The Bertz CT molecular complexity index is 476. The first-order valence-corrected chi connectivity index (χ1v) is 4.20. The van der Waals surface area contributed by atoms with Crippen LogP contribution in [0.5, 0.6) is 0 Å². The van der Waals surface area contributed by atoms with E-state index in [0.717, 1.165) is 0 Å². The maximum Gasteiger partial charge on any atom is 0.462 e. The molecular weight excluding hydrogens is 274 g/mol. The van der Waals surface area contributed by atoms with Crippen LogP contribution in [0.25, 0.3) is 0 Å². The SMILES string of the molecule is FC(=Nc1ccc(F)cc1F)C(F)(F)C(F)(F)F. The van der Waals surface area contributed by atoms with Gasteiger partial charge in [0.05, 0.1) is 0 Å². The smallest absolute Gasteiger partial charge is 0.215 e. The molecular formula is C9H3F8N. The van der Waals surface area contributed by atoms with Gasteiger partial charge in [-0.15, -0.1) is 0 Å². The van der Waals surface area contributed by atoms with Gasteiger partial charge in [0.15, 0.2) is 5.82 Å². The molecule has 0 aromatic heterocycles. The quantitative estimate of drug-likeness (QED) is 0.568. The molecule has 0 atom stereocenters. The molecule has 0 aliphatic rings. The molecule has 0 radical (unpaired) electrons. The van der Waals surface area contributed by atoms with Crippen molar-refractivity contribution in [2.24, 2.45) is 4.99 Å². The zero-order valence-electron chi connectivity index (χ0n) is 8.20. The highest BCUT2D eigenvalue weighted by Gasteiger charge is 2.62. The van der Waals surface area contributed by atoms with Crippen LogP contribution in [0, 0.1) is 11.6 Å². The summed E-state index contributed by atoms with van der Waals surface area (Å²) in [6, 6.07) is 1.12. The van der Waals surface area contributed by atoms with Gasteiger partial charge in [-0.3, -0.25) is 0 Å². The van der Waals surface area contributed by atoms with Crippen LogP contribution in [0.4, 0.5) is 40.8 Å². The zero-order valence-corrected chi connectivity index (χ0v) is 8.20. The zero-order chi connectivity index (χ0) is 14.1. The standard InChI is InChI=1S/C9H3F8N/c10-4-1-2-6(5(11)3-4)18-7(12)8(13,14)9(15,16)17/h1-3H. The lowest BCUT2D eigenvalue weighted by Gasteiger charge is -2.16. The molecule has 9 heteroatoms. The highest BCUT2D eigenvalue weighted by Crippen LogP contribution is 2.38. The van der Waals surface area contributed by atoms with E-state index in [2.05, 4.69) is 4.99 Å². The van der Waals surface area contributed by atoms with Crippen LogP contribution in [0.3, 0.4) is 0 Å². The maximum atomic E-state index is 12.9. The molecule has 0 unspecified atom stereocenters. The van der Waals surface area contributed by atoms with E-state index in [0.29, 0.717) is 12.1 Å². The van der Waals surface area contributed by atoms with Crippen molar-refractivity contribution in [2.75, 3.05) is 0 Å². The van der Waals surface area contributed by atoms with E-state index in [4.69, 9.17) is 0 Å². The van der Waals surface area contributed by atoms with E-state index >= 15 is 0 Å². The van der Waals surface area contributed by atoms with Crippen LogP contribution in [0.1, 0.15) is 0 Å². The summed E-state index contributed by atoms with van der Waals surface area (Å²) in [6.45, 7) is 0. The Hall–Kier alpha value is -1.67. The van der Waals surface area contributed by atoms with E-state index in [1.54, 1.807) is 0 Å². The van der Waals surface area contributed by atoms with E-state index in [9.17, 15) is 35.1 Å². The number of hydrogen-bond donors (Lipinski definition) is 0. The van der Waals surface area contributed by atoms with Crippen molar-refractivity contribution in [3.05, 3.63) is 29.8 Å². The van der Waals surface area contributed by atoms with Gasteiger partial charge in [0, 0.05) is 6.07 Å². The number of aliphatic imine (C=N–C) groups is 1. The van der Waals surface area contributed by atoms with Crippen LogP contribution in [-0.2, 0) is 0 Å². The van der Waals surface area contributed by atoms with Crippen LogP contribution in [-0.4, -0.2) is 18.1 Å². The van der Waals surface area contributed by atoms with Gasteiger partial charge in [-0.25, -0.2) is 13.8 Å². The second-order valence-corrected chi connectivity index (χ2v) is 3.07. The van der Waals surface area contributed by atoms with E-state index in [1.165, 1.54) is 0 Å². The van der Waals surface area contributed by atoms with Crippen molar-refractivity contribution < 1.29 is 35.1 Å². The third kappa shape index (κ3) is 2.77. The molecule has 18 heavy (non-hydrogen) atoms. The van der Waals surface area contributed by atoms with E-state index in [1.807, 2.05) is 0 Å². The van der Waals surface area contributed by atoms with Gasteiger partial charge in [-0.1, -0.05) is 0 Å². The highest BCUT2D eigenvalue weighted by atomic mass is 19.4. The minimum Gasteiger partial charge on any atom is -0.215 e. The van der Waals surface area contributed by atoms with Crippen molar-refractivity contribution in [3.8, 4) is 0 Å². The Balaban J connectivity index is 3.17. The Morgan fingerprint density at radius 3 is 2.00 bits per heavy atom. The minimum absolute atomic E-state index is 0.165. The Labute approximate surface area is 94.7 Å². The predicted octanol–water partition coefficient (Wildman–Crippen LogP) is 4.16. The fraction of sp³-hybridized carbons (Fsp3) is 0.222. The van der Waals surface area contributed by atoms with Gasteiger partial charge < -0.3 is 0 Å². The van der Waals surface area contributed by atoms with Crippen molar-refractivity contribution in [1.82, 2.24) is 0 Å². The van der Waals surface area contributed by atoms with E-state index < -0.39 is 35.4 Å². The lowest BCUT2D eigenvalue weighted by molar-refractivity contribution is -0.252. The summed E-state index contributed by atoms with van der Waals surface area (Å²) in [5.41, 5.74) is -1.17. The molecule has 0 amide bonds. The third-order valence-corrected chi connectivity index (χ3v) is 1.74. The topological polar surface area (TPSA) is 12.4 Å². The Kier molecular flexibility index (Phi) is 3.63. The monoisotopic (exact) mass is 277 g/mol. The fourth-order valence-corrected chi connectivity index (χ4v) is 0.865. The van der Waals surface area contributed by atoms with Gasteiger partial charge in [-0.05, 0) is 12.1 Å². The van der Waals surface area contributed by atoms with Gasteiger partial charge in [0.2, 0.25) is 0 Å². The summed E-state index contributed by atoms with van der Waals surface area (Å²) in [4.78, 5) is 2.18. The molecule has 0 saturated heterocycles. The van der Waals surface area contributed by atoms with Gasteiger partial charge >= 0.3 is 12.1 Å². The second-order valence-electron chi connectivity index (χ2n) is 3.07. The number of nitrogens with zero attached hydrogens (tertiary/aromatic N) is 1. The van der Waals surface area contributed by atoms with Crippen LogP contribution in [0.15, 0.2) is 23.2 Å². The minimum atomic E-state index is -6.20. The number of alkyl halides is 5. The summed E-state index contributed by atoms with van der Waals surface area (Å²) < 4.78 is 97.9. The molecule has 0 saturated carbocycles. The van der Waals surface area contributed by atoms with E-state index in [-0.39, 0.29) is 6.07 Å². The third-order valence-electron chi connectivity index (χ3n) is 1.74. The average Bonchev–Trinajstić information content (AvgIpc) is 2.20. The fourth-order valence-electron chi connectivity index (χ4n) is 0.865. The number of hydrogen-bond acceptors (Lipinski definition) is 1. The molecule has 100 valence electrons. The molecule has 0 aliphatic heterocycles. The van der Waals surface area contributed by atoms with Crippen molar-refractivity contribution in [3.63, 3.8) is 0 Å². The molecule has 1 aromatic carbocycles. The Morgan fingerprint density at radius 1 is 1.00 bits per heavy atom. The molecule has 1 nitrogen and oxygen atoms in total. The molecule has 0 bridgehead atoms. The lowest BCUT2D eigenvalue weighted by Crippen LogP contribution is -2.42. The van der Waals surface area contributed by atoms with Gasteiger partial charge in [0.25, 0.3) is 5.97 Å². The summed E-state index contributed by atoms with van der Waals surface area (Å²) in [5.74, 6) is -11.6. The average molecular weight is 277 g/mol. The first-order valence-electron chi connectivity index (χ1n) is 4.20. The summed E-state index contributed by atoms with van der Waals surface area (Å²) in [6.07, 6.45) is -6.20. The molecule has 0 N–H and O–H groups in total. The second kappa shape index (κ2) is 4.54. The first kappa shape index (κ1) is 14.4. The normalized spacial score (nSPS) is 13.9. The lowest BCUT2D eigenvalue weighted by atomic mass is 10.3. The summed E-state index contributed by atoms with van der Waals surface area (Å²) in [7, 11) is 0. The van der Waals surface area contributed by atoms with Crippen LogP contribution in [0.2, 0.25) is 0 Å².